The highest BCUT2D eigenvalue weighted by Crippen LogP contribution is 2.31. The fraction of sp³-hybridized carbons (Fsp3) is 0.125. The lowest BCUT2D eigenvalue weighted by molar-refractivity contribution is 0.623. The SMILES string of the molecule is Nc1ccc(C2=Cc3ccccc3CC2)c(F)c1. The first kappa shape index (κ1) is 11.0. The van der Waals surface area contributed by atoms with Crippen LogP contribution in [0.2, 0.25) is 0 Å². The fourth-order valence-corrected chi connectivity index (χ4v) is 2.44. The van der Waals surface area contributed by atoms with Crippen molar-refractivity contribution >= 4 is 17.3 Å². The van der Waals surface area contributed by atoms with Crippen LogP contribution in [0.25, 0.3) is 11.6 Å². The van der Waals surface area contributed by atoms with Crippen molar-refractivity contribution in [2.45, 2.75) is 12.8 Å². The van der Waals surface area contributed by atoms with Crippen molar-refractivity contribution in [3.63, 3.8) is 0 Å². The van der Waals surface area contributed by atoms with Gasteiger partial charge in [-0.05, 0) is 47.7 Å². The number of halogens is 1. The molecule has 0 heterocycles. The van der Waals surface area contributed by atoms with E-state index in [1.54, 1.807) is 12.1 Å². The summed E-state index contributed by atoms with van der Waals surface area (Å²) in [5.41, 5.74) is 10.3. The number of anilines is 1. The van der Waals surface area contributed by atoms with Gasteiger partial charge in [0.05, 0.1) is 0 Å². The van der Waals surface area contributed by atoms with E-state index in [0.717, 1.165) is 18.4 Å². The molecule has 2 aromatic rings. The molecule has 1 aliphatic rings. The van der Waals surface area contributed by atoms with E-state index in [-0.39, 0.29) is 5.82 Å². The van der Waals surface area contributed by atoms with Crippen LogP contribution in [-0.4, -0.2) is 0 Å². The highest BCUT2D eigenvalue weighted by molar-refractivity contribution is 5.84. The zero-order valence-corrected chi connectivity index (χ0v) is 9.99. The fourth-order valence-electron chi connectivity index (χ4n) is 2.44. The third kappa shape index (κ3) is 1.90. The lowest BCUT2D eigenvalue weighted by atomic mass is 9.88. The van der Waals surface area contributed by atoms with E-state index in [1.165, 1.54) is 17.2 Å². The van der Waals surface area contributed by atoms with Gasteiger partial charge in [0.15, 0.2) is 0 Å². The molecule has 0 aliphatic heterocycles. The number of benzene rings is 2. The summed E-state index contributed by atoms with van der Waals surface area (Å²) in [4.78, 5) is 0. The average molecular weight is 239 g/mol. The van der Waals surface area contributed by atoms with E-state index in [2.05, 4.69) is 18.2 Å². The molecular formula is C16H14FN. The molecule has 1 aliphatic carbocycles. The summed E-state index contributed by atoms with van der Waals surface area (Å²) in [6, 6.07) is 13.2. The Morgan fingerprint density at radius 1 is 1.00 bits per heavy atom. The summed E-state index contributed by atoms with van der Waals surface area (Å²) in [5, 5.41) is 0. The zero-order chi connectivity index (χ0) is 12.5. The molecule has 0 radical (unpaired) electrons. The molecule has 0 saturated heterocycles. The minimum Gasteiger partial charge on any atom is -0.399 e. The molecule has 0 spiro atoms. The number of nitrogens with two attached hydrogens (primary N) is 1. The Bertz CT molecular complexity index is 629. The van der Waals surface area contributed by atoms with Crippen LogP contribution in [0.5, 0.6) is 0 Å². The highest BCUT2D eigenvalue weighted by Gasteiger charge is 2.14. The second-order valence-electron chi connectivity index (χ2n) is 4.61. The van der Waals surface area contributed by atoms with Gasteiger partial charge in [0, 0.05) is 11.3 Å². The Morgan fingerprint density at radius 2 is 1.83 bits per heavy atom. The Balaban J connectivity index is 2.06. The van der Waals surface area contributed by atoms with Crippen LogP contribution < -0.4 is 5.73 Å². The Morgan fingerprint density at radius 3 is 2.67 bits per heavy atom. The monoisotopic (exact) mass is 239 g/mol. The van der Waals surface area contributed by atoms with Gasteiger partial charge in [-0.25, -0.2) is 4.39 Å². The predicted molar refractivity (Wildman–Crippen MR) is 73.4 cm³/mol. The Labute approximate surface area is 106 Å². The quantitative estimate of drug-likeness (QED) is 0.750. The molecule has 90 valence electrons. The molecule has 2 aromatic carbocycles. The third-order valence-corrected chi connectivity index (χ3v) is 3.39. The van der Waals surface area contributed by atoms with Gasteiger partial charge < -0.3 is 5.73 Å². The second kappa shape index (κ2) is 4.30. The van der Waals surface area contributed by atoms with E-state index in [1.807, 2.05) is 12.1 Å². The number of aryl methyl sites for hydroxylation is 1. The number of hydrogen-bond donors (Lipinski definition) is 1. The molecule has 0 saturated carbocycles. The minimum atomic E-state index is -0.236. The van der Waals surface area contributed by atoms with Crippen molar-refractivity contribution in [1.82, 2.24) is 0 Å². The number of fused-ring (bicyclic) bond motifs is 1. The van der Waals surface area contributed by atoms with Crippen molar-refractivity contribution in [1.29, 1.82) is 0 Å². The van der Waals surface area contributed by atoms with Crippen molar-refractivity contribution < 1.29 is 4.39 Å². The highest BCUT2D eigenvalue weighted by atomic mass is 19.1. The molecule has 0 atom stereocenters. The molecule has 1 nitrogen and oxygen atoms in total. The number of hydrogen-bond acceptors (Lipinski definition) is 1. The van der Waals surface area contributed by atoms with E-state index in [4.69, 9.17) is 5.73 Å². The smallest absolute Gasteiger partial charge is 0.132 e. The van der Waals surface area contributed by atoms with Crippen LogP contribution >= 0.6 is 0 Å². The first-order valence-electron chi connectivity index (χ1n) is 6.08. The van der Waals surface area contributed by atoms with E-state index >= 15 is 0 Å². The van der Waals surface area contributed by atoms with Crippen LogP contribution in [0.4, 0.5) is 10.1 Å². The maximum Gasteiger partial charge on any atom is 0.132 e. The topological polar surface area (TPSA) is 26.0 Å². The number of rotatable bonds is 1. The van der Waals surface area contributed by atoms with E-state index in [9.17, 15) is 4.39 Å². The standard InChI is InChI=1S/C16H14FN/c17-16-10-14(18)7-8-15(16)13-6-5-11-3-1-2-4-12(11)9-13/h1-4,7-10H,5-6,18H2. The first-order valence-corrected chi connectivity index (χ1v) is 6.08. The molecule has 2 N–H and O–H groups in total. The Kier molecular flexibility index (Phi) is 2.63. The van der Waals surface area contributed by atoms with Gasteiger partial charge in [-0.1, -0.05) is 30.3 Å². The summed E-state index contributed by atoms with van der Waals surface area (Å²) >= 11 is 0. The summed E-state index contributed by atoms with van der Waals surface area (Å²) in [6.07, 6.45) is 3.91. The van der Waals surface area contributed by atoms with Gasteiger partial charge in [0.1, 0.15) is 5.82 Å². The van der Waals surface area contributed by atoms with Gasteiger partial charge in [-0.3, -0.25) is 0 Å². The molecule has 0 bridgehead atoms. The van der Waals surface area contributed by atoms with Gasteiger partial charge >= 0.3 is 0 Å². The molecule has 0 unspecified atom stereocenters. The van der Waals surface area contributed by atoms with Crippen LogP contribution in [0.3, 0.4) is 0 Å². The molecule has 3 rings (SSSR count). The normalized spacial score (nSPS) is 13.9. The number of nitrogen functional groups attached to an aromatic ring is 1. The summed E-state index contributed by atoms with van der Waals surface area (Å²) in [6.45, 7) is 0. The Hall–Kier alpha value is -2.09. The zero-order valence-electron chi connectivity index (χ0n) is 9.99. The van der Waals surface area contributed by atoms with Crippen molar-refractivity contribution in [2.24, 2.45) is 0 Å². The average Bonchev–Trinajstić information content (AvgIpc) is 2.38. The molecule has 0 amide bonds. The molecule has 0 aromatic heterocycles. The van der Waals surface area contributed by atoms with Crippen molar-refractivity contribution in [3.05, 3.63) is 65.0 Å². The van der Waals surface area contributed by atoms with E-state index in [0.29, 0.717) is 11.3 Å². The van der Waals surface area contributed by atoms with Crippen LogP contribution in [-0.2, 0) is 6.42 Å². The number of allylic oxidation sites excluding steroid dienone is 1. The third-order valence-electron chi connectivity index (χ3n) is 3.39. The van der Waals surface area contributed by atoms with Crippen molar-refractivity contribution in [2.75, 3.05) is 5.73 Å². The van der Waals surface area contributed by atoms with Crippen LogP contribution in [0.15, 0.2) is 42.5 Å². The second-order valence-corrected chi connectivity index (χ2v) is 4.61. The molecule has 18 heavy (non-hydrogen) atoms. The van der Waals surface area contributed by atoms with E-state index < -0.39 is 0 Å². The predicted octanol–water partition coefficient (Wildman–Crippen LogP) is 3.89. The lowest BCUT2D eigenvalue weighted by Gasteiger charge is -2.17. The minimum absolute atomic E-state index is 0.236. The maximum atomic E-state index is 13.9. The van der Waals surface area contributed by atoms with Gasteiger partial charge in [-0.15, -0.1) is 0 Å². The first-order chi connectivity index (χ1) is 8.74. The maximum absolute atomic E-state index is 13.9. The van der Waals surface area contributed by atoms with Crippen molar-refractivity contribution in [3.8, 4) is 0 Å². The summed E-state index contributed by atoms with van der Waals surface area (Å²) in [5.74, 6) is -0.236. The summed E-state index contributed by atoms with van der Waals surface area (Å²) < 4.78 is 13.9. The molecule has 2 heteroatoms. The largest absolute Gasteiger partial charge is 0.399 e. The molecular weight excluding hydrogens is 225 g/mol. The van der Waals surface area contributed by atoms with Gasteiger partial charge in [0.25, 0.3) is 0 Å². The van der Waals surface area contributed by atoms with Gasteiger partial charge in [0.2, 0.25) is 0 Å². The lowest BCUT2D eigenvalue weighted by Crippen LogP contribution is -2.00. The van der Waals surface area contributed by atoms with Crippen LogP contribution in [0, 0.1) is 5.82 Å². The molecule has 0 fully saturated rings. The van der Waals surface area contributed by atoms with Crippen LogP contribution in [0.1, 0.15) is 23.1 Å². The van der Waals surface area contributed by atoms with Gasteiger partial charge in [-0.2, -0.15) is 0 Å². The summed E-state index contributed by atoms with van der Waals surface area (Å²) in [7, 11) is 0.